The van der Waals surface area contributed by atoms with Gasteiger partial charge in [0.1, 0.15) is 23.3 Å². The number of unbranched alkanes of at least 4 members (excludes halogenated alkanes) is 2. The van der Waals surface area contributed by atoms with Crippen molar-refractivity contribution in [1.82, 2.24) is 15.6 Å². The largest absolute Gasteiger partial charge is 0.508 e. The van der Waals surface area contributed by atoms with E-state index >= 15 is 0 Å². The lowest BCUT2D eigenvalue weighted by atomic mass is 9.81. The number of phenolic OH excluding ortho intramolecular Hbond substituents is 1. The number of H-pyrrole nitrogens is 1. The number of carbonyl (C=O) groups is 2. The second kappa shape index (κ2) is 12.9. The van der Waals surface area contributed by atoms with Gasteiger partial charge in [-0.15, -0.1) is 6.58 Å². The zero-order chi connectivity index (χ0) is 34.4. The number of benzene rings is 2. The van der Waals surface area contributed by atoms with Crippen molar-refractivity contribution < 1.29 is 28.9 Å². The molecule has 0 saturated carbocycles. The van der Waals surface area contributed by atoms with Crippen LogP contribution in [0.15, 0.2) is 60.3 Å². The van der Waals surface area contributed by atoms with Gasteiger partial charge in [-0.1, -0.05) is 76.0 Å². The number of ether oxygens (including phenoxy) is 3. The van der Waals surface area contributed by atoms with Gasteiger partial charge < -0.3 is 34.9 Å². The highest BCUT2D eigenvalue weighted by Gasteiger charge is 2.56. The van der Waals surface area contributed by atoms with Crippen molar-refractivity contribution in [2.45, 2.75) is 103 Å². The van der Waals surface area contributed by atoms with Crippen LogP contribution in [0.25, 0.3) is 17.0 Å². The average molecular weight is 654 g/mol. The van der Waals surface area contributed by atoms with Gasteiger partial charge in [0, 0.05) is 57.8 Å². The van der Waals surface area contributed by atoms with Crippen LogP contribution in [0.3, 0.4) is 0 Å². The van der Waals surface area contributed by atoms with Crippen molar-refractivity contribution in [2.75, 3.05) is 7.11 Å². The molecule has 0 unspecified atom stereocenters. The zero-order valence-corrected chi connectivity index (χ0v) is 28.8. The van der Waals surface area contributed by atoms with Crippen LogP contribution in [0.1, 0.15) is 107 Å². The predicted octanol–water partition coefficient (Wildman–Crippen LogP) is 7.32. The van der Waals surface area contributed by atoms with E-state index < -0.39 is 35.2 Å². The minimum Gasteiger partial charge on any atom is -0.508 e. The van der Waals surface area contributed by atoms with Crippen LogP contribution in [0.4, 0.5) is 0 Å². The van der Waals surface area contributed by atoms with Gasteiger partial charge >= 0.3 is 0 Å². The highest BCUT2D eigenvalue weighted by Crippen LogP contribution is 2.55. The summed E-state index contributed by atoms with van der Waals surface area (Å²) in [5, 5.41) is 18.2. The van der Waals surface area contributed by atoms with Crippen molar-refractivity contribution in [3.05, 3.63) is 88.3 Å². The number of amides is 2. The Labute approximate surface area is 282 Å². The Bertz CT molecular complexity index is 1830. The summed E-state index contributed by atoms with van der Waals surface area (Å²) < 4.78 is 19.3. The van der Waals surface area contributed by atoms with E-state index in [1.807, 2.05) is 64.1 Å². The van der Waals surface area contributed by atoms with Gasteiger partial charge in [-0.05, 0) is 44.9 Å². The van der Waals surface area contributed by atoms with Crippen LogP contribution in [0.5, 0.6) is 11.5 Å². The molecule has 0 bridgehead atoms. The van der Waals surface area contributed by atoms with Gasteiger partial charge in [0.15, 0.2) is 0 Å². The maximum Gasteiger partial charge on any atom is 0.290 e. The first-order valence-electron chi connectivity index (χ1n) is 16.9. The van der Waals surface area contributed by atoms with Gasteiger partial charge in [0.05, 0.1) is 12.2 Å². The van der Waals surface area contributed by atoms with Crippen LogP contribution in [0, 0.1) is 0 Å². The fourth-order valence-electron chi connectivity index (χ4n) is 7.17. The molecule has 9 heteroatoms. The molecule has 4 atom stereocenters. The predicted molar refractivity (Wildman–Crippen MR) is 187 cm³/mol. The Hall–Kier alpha value is -4.34. The Morgan fingerprint density at radius 1 is 1.19 bits per heavy atom. The van der Waals surface area contributed by atoms with Crippen LogP contribution >= 0.6 is 0 Å². The van der Waals surface area contributed by atoms with Crippen molar-refractivity contribution in [3.63, 3.8) is 0 Å². The smallest absolute Gasteiger partial charge is 0.290 e. The maximum absolute atomic E-state index is 14.2. The first kappa shape index (κ1) is 33.6. The minimum absolute atomic E-state index is 0.0337. The molecule has 9 nitrogen and oxygen atoms in total. The molecule has 254 valence electrons. The summed E-state index contributed by atoms with van der Waals surface area (Å²) >= 11 is 0. The third kappa shape index (κ3) is 5.83. The average Bonchev–Trinajstić information content (AvgIpc) is 3.43. The number of aromatic hydroxyl groups is 1. The first-order chi connectivity index (χ1) is 22.9. The number of phenols is 1. The molecule has 3 aliphatic heterocycles. The van der Waals surface area contributed by atoms with Crippen molar-refractivity contribution >= 4 is 28.8 Å². The summed E-state index contributed by atoms with van der Waals surface area (Å²) in [6, 6.07) is 9.55. The highest BCUT2D eigenvalue weighted by atomic mass is 16.6. The number of aromatic nitrogens is 1. The third-order valence-electron chi connectivity index (χ3n) is 9.89. The zero-order valence-electron chi connectivity index (χ0n) is 28.8. The number of allylic oxidation sites excluding steroid dienone is 3. The molecule has 1 fully saturated rings. The number of methoxy groups -OCH3 is 1. The molecule has 3 aromatic rings. The topological polar surface area (TPSA) is 122 Å². The molecule has 4 heterocycles. The van der Waals surface area contributed by atoms with Crippen LogP contribution in [0.2, 0.25) is 0 Å². The van der Waals surface area contributed by atoms with Gasteiger partial charge in [0.25, 0.3) is 17.5 Å². The summed E-state index contributed by atoms with van der Waals surface area (Å²) in [6.45, 7) is 14.2. The summed E-state index contributed by atoms with van der Waals surface area (Å²) in [6.07, 6.45) is 8.38. The summed E-state index contributed by atoms with van der Waals surface area (Å²) in [4.78, 5) is 31.7. The van der Waals surface area contributed by atoms with Crippen molar-refractivity contribution in [3.8, 4) is 11.5 Å². The van der Waals surface area contributed by atoms with E-state index in [-0.39, 0.29) is 24.0 Å². The standard InChI is InChI=1S/C39H47N3O6/c1-8-10-11-16-29-34(46-7)31-28(43)19-23(18-17-22(3)4)33-32(31)30(47-29)21-39(48-33)37(45)41-27(36(44)42-39)20-25-24-14-12-13-15-26(24)40-35(25)38(5,6)9-2/h9,12-15,17,19-20,29-30,34,40,43H,2,8,10-11,16,18,21H2,1,3-7H3,(H,41,45)(H,42,44)/b27-20-/t29-,30-,34+,39-/m0/s1. The van der Waals surface area contributed by atoms with E-state index in [0.717, 1.165) is 53.4 Å². The quantitative estimate of drug-likeness (QED) is 0.103. The van der Waals surface area contributed by atoms with E-state index in [4.69, 9.17) is 14.2 Å². The van der Waals surface area contributed by atoms with E-state index in [1.165, 1.54) is 0 Å². The summed E-state index contributed by atoms with van der Waals surface area (Å²) in [7, 11) is 1.62. The van der Waals surface area contributed by atoms with Crippen LogP contribution in [-0.2, 0) is 30.9 Å². The van der Waals surface area contributed by atoms with E-state index in [9.17, 15) is 14.7 Å². The molecule has 48 heavy (non-hydrogen) atoms. The lowest BCUT2D eigenvalue weighted by Gasteiger charge is -2.48. The number of nitrogens with one attached hydrogen (secondary N) is 3. The third-order valence-corrected chi connectivity index (χ3v) is 9.89. The first-order valence-corrected chi connectivity index (χ1v) is 16.9. The fourth-order valence-corrected chi connectivity index (χ4v) is 7.17. The number of piperazine rings is 1. The maximum atomic E-state index is 14.2. The van der Waals surface area contributed by atoms with E-state index in [2.05, 4.69) is 29.1 Å². The van der Waals surface area contributed by atoms with Crippen LogP contribution in [-0.4, -0.2) is 40.8 Å². The Balaban J connectivity index is 1.42. The molecule has 0 aliphatic carbocycles. The molecule has 1 saturated heterocycles. The lowest BCUT2D eigenvalue weighted by molar-refractivity contribution is -0.169. The Morgan fingerprint density at radius 2 is 1.96 bits per heavy atom. The van der Waals surface area contributed by atoms with E-state index in [0.29, 0.717) is 28.9 Å². The Kier molecular flexibility index (Phi) is 9.04. The molecule has 2 aromatic carbocycles. The molecule has 1 spiro atoms. The number of hydrogen-bond acceptors (Lipinski definition) is 6. The van der Waals surface area contributed by atoms with Crippen molar-refractivity contribution in [2.24, 2.45) is 0 Å². The summed E-state index contributed by atoms with van der Waals surface area (Å²) in [5.74, 6) is -0.419. The molecular weight excluding hydrogens is 606 g/mol. The minimum atomic E-state index is -1.72. The second-order valence-electron chi connectivity index (χ2n) is 14.0. The number of para-hydroxylation sites is 1. The van der Waals surface area contributed by atoms with E-state index in [1.54, 1.807) is 19.3 Å². The van der Waals surface area contributed by atoms with Gasteiger partial charge in [-0.2, -0.15) is 0 Å². The SMILES string of the molecule is C=CC(C)(C)c1[nH]c2ccccc2c1/C=C1\NC(=O)[C@@]2(C[C@@H]3O[C@@H](CCCCC)[C@@H](OC)c4c(O)cc(CC=C(C)C)c(c43)O2)NC1=O. The number of fused-ring (bicyclic) bond motifs is 1. The summed E-state index contributed by atoms with van der Waals surface area (Å²) in [5.41, 5.74) is 3.64. The molecule has 4 N–H and O–H groups in total. The number of hydrogen-bond donors (Lipinski definition) is 4. The number of carbonyl (C=O) groups excluding carboxylic acids is 2. The molecule has 6 rings (SSSR count). The Morgan fingerprint density at radius 3 is 2.67 bits per heavy atom. The fraction of sp³-hybridized carbons (Fsp3) is 0.436. The highest BCUT2D eigenvalue weighted by molar-refractivity contribution is 6.10. The van der Waals surface area contributed by atoms with Crippen molar-refractivity contribution in [1.29, 1.82) is 0 Å². The number of aromatic amines is 1. The molecular formula is C39H47N3O6. The lowest BCUT2D eigenvalue weighted by Crippen LogP contribution is -2.69. The van der Waals surface area contributed by atoms with Gasteiger partial charge in [-0.3, -0.25) is 9.59 Å². The number of rotatable bonds is 10. The molecule has 3 aliphatic rings. The monoisotopic (exact) mass is 653 g/mol. The normalized spacial score (nSPS) is 24.2. The second-order valence-corrected chi connectivity index (χ2v) is 14.0. The van der Waals surface area contributed by atoms with Crippen LogP contribution < -0.4 is 15.4 Å². The van der Waals surface area contributed by atoms with Gasteiger partial charge in [0.2, 0.25) is 0 Å². The van der Waals surface area contributed by atoms with Gasteiger partial charge in [-0.25, -0.2) is 0 Å². The molecule has 2 amide bonds. The molecule has 0 radical (unpaired) electrons. The molecule has 1 aromatic heterocycles.